The summed E-state index contributed by atoms with van der Waals surface area (Å²) in [6.45, 7) is 1.53. The smallest absolute Gasteiger partial charge is 0.217 e. The largest absolute Gasteiger partial charge is 0.368 e. The lowest BCUT2D eigenvalue weighted by Gasteiger charge is -2.28. The molecule has 0 aromatic heterocycles. The number of nitrogens with one attached hydrogen (secondary N) is 1. The summed E-state index contributed by atoms with van der Waals surface area (Å²) < 4.78 is 0. The SMILES string of the molecule is OC1c2ccccc2C=NN1C1=NCCN1. The molecule has 2 heterocycles. The summed E-state index contributed by atoms with van der Waals surface area (Å²) in [6.07, 6.45) is 0.982. The van der Waals surface area contributed by atoms with Crippen molar-refractivity contribution in [2.24, 2.45) is 10.1 Å². The summed E-state index contributed by atoms with van der Waals surface area (Å²) in [7, 11) is 0. The van der Waals surface area contributed by atoms with Gasteiger partial charge in [0, 0.05) is 17.7 Å². The van der Waals surface area contributed by atoms with E-state index in [0.29, 0.717) is 5.96 Å². The van der Waals surface area contributed by atoms with Crippen LogP contribution in [0.25, 0.3) is 0 Å². The van der Waals surface area contributed by atoms with E-state index >= 15 is 0 Å². The second-order valence-electron chi connectivity index (χ2n) is 3.72. The van der Waals surface area contributed by atoms with Crippen molar-refractivity contribution in [3.63, 3.8) is 0 Å². The first-order chi connectivity index (χ1) is 7.86. The second-order valence-corrected chi connectivity index (χ2v) is 3.72. The molecule has 1 unspecified atom stereocenters. The van der Waals surface area contributed by atoms with Crippen LogP contribution in [-0.2, 0) is 0 Å². The van der Waals surface area contributed by atoms with E-state index < -0.39 is 6.23 Å². The van der Waals surface area contributed by atoms with Gasteiger partial charge in [0.15, 0.2) is 6.23 Å². The maximum Gasteiger partial charge on any atom is 0.217 e. The van der Waals surface area contributed by atoms with Crippen LogP contribution in [0.5, 0.6) is 0 Å². The highest BCUT2D eigenvalue weighted by Gasteiger charge is 2.27. The molecule has 2 N–H and O–H groups in total. The Morgan fingerprint density at radius 1 is 1.38 bits per heavy atom. The van der Waals surface area contributed by atoms with Crippen molar-refractivity contribution in [1.29, 1.82) is 0 Å². The molecule has 0 bridgehead atoms. The van der Waals surface area contributed by atoms with Crippen LogP contribution in [0.3, 0.4) is 0 Å². The number of aliphatic imine (C=N–C) groups is 1. The van der Waals surface area contributed by atoms with Crippen LogP contribution >= 0.6 is 0 Å². The number of hydrogen-bond donors (Lipinski definition) is 2. The fraction of sp³-hybridized carbons (Fsp3) is 0.273. The summed E-state index contributed by atoms with van der Waals surface area (Å²) in [4.78, 5) is 4.24. The molecular formula is C11H12N4O. The molecule has 0 radical (unpaired) electrons. The van der Waals surface area contributed by atoms with Crippen molar-refractivity contribution in [3.05, 3.63) is 35.4 Å². The standard InChI is InChI=1S/C11H12N4O/c16-10-9-4-2-1-3-8(9)7-14-15(10)11-12-5-6-13-11/h1-4,7,10,16H,5-6H2,(H,12,13). The molecule has 5 nitrogen and oxygen atoms in total. The first-order valence-electron chi connectivity index (χ1n) is 5.25. The van der Waals surface area contributed by atoms with Crippen LogP contribution in [0, 0.1) is 0 Å². The van der Waals surface area contributed by atoms with Crippen LogP contribution in [0.15, 0.2) is 34.4 Å². The van der Waals surface area contributed by atoms with Crippen molar-refractivity contribution >= 4 is 12.2 Å². The highest BCUT2D eigenvalue weighted by molar-refractivity contribution is 5.88. The number of hydrazone groups is 1. The number of rotatable bonds is 0. The lowest BCUT2D eigenvalue weighted by atomic mass is 10.1. The number of hydrogen-bond acceptors (Lipinski definition) is 5. The predicted molar refractivity (Wildman–Crippen MR) is 61.1 cm³/mol. The van der Waals surface area contributed by atoms with Crippen molar-refractivity contribution < 1.29 is 5.11 Å². The third kappa shape index (κ3) is 1.37. The molecule has 0 amide bonds. The molecule has 0 spiro atoms. The monoisotopic (exact) mass is 216 g/mol. The Balaban J connectivity index is 1.97. The molecular weight excluding hydrogens is 204 g/mol. The van der Waals surface area contributed by atoms with E-state index in [1.807, 2.05) is 24.3 Å². The minimum atomic E-state index is -0.759. The number of nitrogens with zero attached hydrogens (tertiary/aromatic N) is 3. The van der Waals surface area contributed by atoms with Gasteiger partial charge in [-0.15, -0.1) is 0 Å². The summed E-state index contributed by atoms with van der Waals surface area (Å²) in [6, 6.07) is 7.67. The maximum absolute atomic E-state index is 10.2. The number of benzene rings is 1. The number of aliphatic hydroxyl groups excluding tert-OH is 1. The van der Waals surface area contributed by atoms with E-state index in [9.17, 15) is 5.11 Å². The van der Waals surface area contributed by atoms with Gasteiger partial charge in [0.05, 0.1) is 12.8 Å². The van der Waals surface area contributed by atoms with E-state index in [4.69, 9.17) is 0 Å². The van der Waals surface area contributed by atoms with Gasteiger partial charge in [0.1, 0.15) is 0 Å². The molecule has 3 rings (SSSR count). The van der Waals surface area contributed by atoms with Gasteiger partial charge < -0.3 is 10.4 Å². The first kappa shape index (κ1) is 9.35. The minimum absolute atomic E-state index is 0.637. The third-order valence-electron chi connectivity index (χ3n) is 2.70. The molecule has 2 aliphatic rings. The highest BCUT2D eigenvalue weighted by Crippen LogP contribution is 2.25. The van der Waals surface area contributed by atoms with Gasteiger partial charge in [0.25, 0.3) is 0 Å². The molecule has 5 heteroatoms. The number of guanidine groups is 1. The fourth-order valence-electron chi connectivity index (χ4n) is 1.89. The molecule has 82 valence electrons. The third-order valence-corrected chi connectivity index (χ3v) is 2.70. The van der Waals surface area contributed by atoms with E-state index in [1.54, 1.807) is 6.21 Å². The number of fused-ring (bicyclic) bond motifs is 1. The Morgan fingerprint density at radius 3 is 3.06 bits per heavy atom. The van der Waals surface area contributed by atoms with Gasteiger partial charge >= 0.3 is 0 Å². The zero-order valence-corrected chi connectivity index (χ0v) is 8.67. The van der Waals surface area contributed by atoms with Gasteiger partial charge in [-0.1, -0.05) is 24.3 Å². The molecule has 0 saturated carbocycles. The fourth-order valence-corrected chi connectivity index (χ4v) is 1.89. The van der Waals surface area contributed by atoms with Crippen LogP contribution in [0.2, 0.25) is 0 Å². The Labute approximate surface area is 93.1 Å². The molecule has 0 aliphatic carbocycles. The first-order valence-corrected chi connectivity index (χ1v) is 5.25. The van der Waals surface area contributed by atoms with Gasteiger partial charge in [-0.3, -0.25) is 0 Å². The second kappa shape index (κ2) is 3.61. The normalized spacial score (nSPS) is 22.7. The maximum atomic E-state index is 10.2. The lowest BCUT2D eigenvalue weighted by Crippen LogP contribution is -2.39. The molecule has 1 atom stereocenters. The van der Waals surface area contributed by atoms with Crippen molar-refractivity contribution in [3.8, 4) is 0 Å². The van der Waals surface area contributed by atoms with E-state index in [-0.39, 0.29) is 0 Å². The van der Waals surface area contributed by atoms with Crippen LogP contribution in [0.4, 0.5) is 0 Å². The van der Waals surface area contributed by atoms with Gasteiger partial charge in [-0.2, -0.15) is 5.10 Å². The Kier molecular flexibility index (Phi) is 2.11. The Morgan fingerprint density at radius 2 is 2.25 bits per heavy atom. The van der Waals surface area contributed by atoms with Gasteiger partial charge in [-0.25, -0.2) is 10.0 Å². The molecule has 2 aliphatic heterocycles. The van der Waals surface area contributed by atoms with E-state index in [2.05, 4.69) is 15.4 Å². The van der Waals surface area contributed by atoms with Gasteiger partial charge in [-0.05, 0) is 0 Å². The molecule has 0 saturated heterocycles. The van der Waals surface area contributed by atoms with Crippen LogP contribution < -0.4 is 5.32 Å². The topological polar surface area (TPSA) is 60.2 Å². The van der Waals surface area contributed by atoms with Crippen LogP contribution in [0.1, 0.15) is 17.4 Å². The van der Waals surface area contributed by atoms with Crippen molar-refractivity contribution in [1.82, 2.24) is 10.3 Å². The summed E-state index contributed by atoms with van der Waals surface area (Å²) in [5.41, 5.74) is 1.80. The predicted octanol–water partition coefficient (Wildman–Crippen LogP) is 0.286. The summed E-state index contributed by atoms with van der Waals surface area (Å²) in [5.74, 6) is 0.637. The quantitative estimate of drug-likeness (QED) is 0.655. The molecule has 0 fully saturated rings. The summed E-state index contributed by atoms with van der Waals surface area (Å²) in [5, 5.41) is 19.0. The lowest BCUT2D eigenvalue weighted by molar-refractivity contribution is 0.0501. The minimum Gasteiger partial charge on any atom is -0.368 e. The molecule has 1 aromatic carbocycles. The Hall–Kier alpha value is -1.88. The zero-order chi connectivity index (χ0) is 11.0. The average Bonchev–Trinajstić information content (AvgIpc) is 2.83. The number of aliphatic hydroxyl groups is 1. The van der Waals surface area contributed by atoms with Crippen molar-refractivity contribution in [2.45, 2.75) is 6.23 Å². The van der Waals surface area contributed by atoms with E-state index in [1.165, 1.54) is 5.01 Å². The van der Waals surface area contributed by atoms with Gasteiger partial charge in [0.2, 0.25) is 5.96 Å². The summed E-state index contributed by atoms with van der Waals surface area (Å²) >= 11 is 0. The Bertz CT molecular complexity index is 469. The zero-order valence-electron chi connectivity index (χ0n) is 8.67. The molecule has 16 heavy (non-hydrogen) atoms. The molecule has 1 aromatic rings. The van der Waals surface area contributed by atoms with E-state index in [0.717, 1.165) is 24.2 Å². The van der Waals surface area contributed by atoms with Crippen molar-refractivity contribution in [2.75, 3.05) is 13.1 Å². The highest BCUT2D eigenvalue weighted by atomic mass is 16.3. The van der Waals surface area contributed by atoms with Crippen LogP contribution in [-0.4, -0.2) is 35.4 Å². The average molecular weight is 216 g/mol.